The summed E-state index contributed by atoms with van der Waals surface area (Å²) in [6.07, 6.45) is 0. The first kappa shape index (κ1) is 20.1. The molecule has 1 rings (SSSR count). The molecule has 2 amide bonds. The average molecular weight is 358 g/mol. The van der Waals surface area contributed by atoms with E-state index in [-0.39, 0.29) is 16.7 Å². The third-order valence-corrected chi connectivity index (χ3v) is 3.64. The van der Waals surface area contributed by atoms with Crippen LogP contribution < -0.4 is 5.32 Å². The quantitative estimate of drug-likeness (QED) is 0.569. The third-order valence-electron chi connectivity index (χ3n) is 3.33. The number of likely N-dealkylation sites (N-methyl/N-ethyl adjacent to an activating group) is 2. The van der Waals surface area contributed by atoms with E-state index in [2.05, 4.69) is 5.32 Å². The van der Waals surface area contributed by atoms with Crippen molar-refractivity contribution in [2.75, 3.05) is 59.7 Å². The molecule has 1 aromatic rings. The summed E-state index contributed by atoms with van der Waals surface area (Å²) in [5, 5.41) is 13.6. The Kier molecular flexibility index (Phi) is 7.90. The molecule has 0 aromatic heterocycles. The molecular weight excluding hydrogens is 334 g/mol. The summed E-state index contributed by atoms with van der Waals surface area (Å²) in [7, 11) is 7.76. The van der Waals surface area contributed by atoms with Crippen LogP contribution in [0.5, 0.6) is 0 Å². The number of anilines is 1. The predicted molar refractivity (Wildman–Crippen MR) is 95.8 cm³/mol. The van der Waals surface area contributed by atoms with E-state index >= 15 is 0 Å². The first-order valence-electron chi connectivity index (χ1n) is 7.50. The Bertz CT molecular complexity index is 568. The molecule has 0 aliphatic heterocycles. The number of benzene rings is 1. The number of hydrogen-bond donors (Lipinski definition) is 1. The molecule has 134 valence electrons. The molecule has 0 atom stereocenters. The molecule has 0 fully saturated rings. The SMILES string of the molecule is CN(C)CCN(CCN(C)C)C(=O)Nc1ccc([N+](=O)[O-])cc1Cl. The molecule has 0 bridgehead atoms. The zero-order valence-corrected chi connectivity index (χ0v) is 15.2. The molecule has 8 nitrogen and oxygen atoms in total. The molecule has 0 aliphatic carbocycles. The van der Waals surface area contributed by atoms with E-state index < -0.39 is 4.92 Å². The van der Waals surface area contributed by atoms with Crippen LogP contribution in [0.2, 0.25) is 5.02 Å². The Labute approximate surface area is 147 Å². The number of rotatable bonds is 8. The maximum Gasteiger partial charge on any atom is 0.321 e. The highest BCUT2D eigenvalue weighted by Crippen LogP contribution is 2.26. The summed E-state index contributed by atoms with van der Waals surface area (Å²) < 4.78 is 0. The molecule has 0 spiro atoms. The van der Waals surface area contributed by atoms with Crippen LogP contribution in [0, 0.1) is 10.1 Å². The van der Waals surface area contributed by atoms with Gasteiger partial charge >= 0.3 is 6.03 Å². The highest BCUT2D eigenvalue weighted by Gasteiger charge is 2.17. The van der Waals surface area contributed by atoms with Crippen molar-refractivity contribution >= 4 is 29.0 Å². The van der Waals surface area contributed by atoms with Gasteiger partial charge < -0.3 is 20.0 Å². The molecule has 0 radical (unpaired) electrons. The maximum absolute atomic E-state index is 12.5. The predicted octanol–water partition coefficient (Wildman–Crippen LogP) is 2.21. The number of hydrogen-bond acceptors (Lipinski definition) is 5. The van der Waals surface area contributed by atoms with E-state index in [4.69, 9.17) is 11.6 Å². The third kappa shape index (κ3) is 6.69. The minimum Gasteiger partial charge on any atom is -0.322 e. The van der Waals surface area contributed by atoms with Crippen LogP contribution in [-0.2, 0) is 0 Å². The van der Waals surface area contributed by atoms with Crippen LogP contribution in [0.3, 0.4) is 0 Å². The second-order valence-corrected chi connectivity index (χ2v) is 6.35. The molecule has 0 heterocycles. The van der Waals surface area contributed by atoms with E-state index in [1.54, 1.807) is 4.90 Å². The zero-order chi connectivity index (χ0) is 18.3. The van der Waals surface area contributed by atoms with Gasteiger partial charge in [-0.1, -0.05) is 11.6 Å². The number of nitrogens with one attached hydrogen (secondary N) is 1. The highest BCUT2D eigenvalue weighted by atomic mass is 35.5. The molecule has 24 heavy (non-hydrogen) atoms. The molecule has 1 aromatic carbocycles. The van der Waals surface area contributed by atoms with Crippen molar-refractivity contribution in [3.8, 4) is 0 Å². The van der Waals surface area contributed by atoms with E-state index in [1.807, 2.05) is 38.0 Å². The van der Waals surface area contributed by atoms with E-state index in [1.165, 1.54) is 18.2 Å². The normalized spacial score (nSPS) is 11.0. The van der Waals surface area contributed by atoms with Crippen LogP contribution in [0.15, 0.2) is 18.2 Å². The number of carbonyl (C=O) groups excluding carboxylic acids is 1. The number of nitro groups is 1. The Morgan fingerprint density at radius 2 is 1.67 bits per heavy atom. The molecule has 0 unspecified atom stereocenters. The monoisotopic (exact) mass is 357 g/mol. The lowest BCUT2D eigenvalue weighted by Crippen LogP contribution is -2.42. The zero-order valence-electron chi connectivity index (χ0n) is 14.5. The van der Waals surface area contributed by atoms with Crippen LogP contribution in [0.25, 0.3) is 0 Å². The average Bonchev–Trinajstić information content (AvgIpc) is 2.48. The summed E-state index contributed by atoms with van der Waals surface area (Å²) in [6, 6.07) is 3.69. The summed E-state index contributed by atoms with van der Waals surface area (Å²) in [5.74, 6) is 0. The Balaban J connectivity index is 2.80. The largest absolute Gasteiger partial charge is 0.322 e. The first-order chi connectivity index (χ1) is 11.2. The van der Waals surface area contributed by atoms with Gasteiger partial charge in [-0.2, -0.15) is 0 Å². The van der Waals surface area contributed by atoms with E-state index in [0.29, 0.717) is 18.8 Å². The molecule has 0 saturated carbocycles. The number of carbonyl (C=O) groups is 1. The highest BCUT2D eigenvalue weighted by molar-refractivity contribution is 6.33. The molecule has 0 saturated heterocycles. The van der Waals surface area contributed by atoms with Gasteiger partial charge in [-0.3, -0.25) is 10.1 Å². The standard InChI is InChI=1S/C15H24ClN5O3/c1-18(2)7-9-20(10-8-19(3)4)15(22)17-14-6-5-12(21(23)24)11-13(14)16/h5-6,11H,7-10H2,1-4H3,(H,17,22). The maximum atomic E-state index is 12.5. The van der Waals surface area contributed by atoms with Gasteiger partial charge in [0.2, 0.25) is 0 Å². The van der Waals surface area contributed by atoms with Gasteiger partial charge in [-0.25, -0.2) is 4.79 Å². The second kappa shape index (κ2) is 9.41. The number of amides is 2. The molecule has 9 heteroatoms. The number of nitrogens with zero attached hydrogens (tertiary/aromatic N) is 4. The molecule has 1 N–H and O–H groups in total. The number of urea groups is 1. The van der Waals surface area contributed by atoms with Gasteiger partial charge in [0.05, 0.1) is 15.6 Å². The number of halogens is 1. The van der Waals surface area contributed by atoms with Crippen molar-refractivity contribution in [1.82, 2.24) is 14.7 Å². The lowest BCUT2D eigenvalue weighted by atomic mass is 10.3. The smallest absolute Gasteiger partial charge is 0.321 e. The Morgan fingerprint density at radius 3 is 2.08 bits per heavy atom. The van der Waals surface area contributed by atoms with E-state index in [0.717, 1.165) is 13.1 Å². The van der Waals surface area contributed by atoms with Gasteiger partial charge in [0.1, 0.15) is 0 Å². The minimum atomic E-state index is -0.530. The van der Waals surface area contributed by atoms with Crippen molar-refractivity contribution < 1.29 is 9.72 Å². The van der Waals surface area contributed by atoms with Crippen molar-refractivity contribution in [1.29, 1.82) is 0 Å². The van der Waals surface area contributed by atoms with Crippen molar-refractivity contribution in [3.63, 3.8) is 0 Å². The molecule has 0 aliphatic rings. The van der Waals surface area contributed by atoms with Crippen LogP contribution in [0.1, 0.15) is 0 Å². The van der Waals surface area contributed by atoms with Crippen molar-refractivity contribution in [2.24, 2.45) is 0 Å². The summed E-state index contributed by atoms with van der Waals surface area (Å²) in [4.78, 5) is 28.4. The van der Waals surface area contributed by atoms with Gasteiger partial charge in [-0.15, -0.1) is 0 Å². The minimum absolute atomic E-state index is 0.116. The Morgan fingerprint density at radius 1 is 1.12 bits per heavy atom. The fourth-order valence-corrected chi connectivity index (χ4v) is 2.09. The fraction of sp³-hybridized carbons (Fsp3) is 0.533. The fourth-order valence-electron chi connectivity index (χ4n) is 1.87. The van der Waals surface area contributed by atoms with Gasteiger partial charge in [0.25, 0.3) is 5.69 Å². The van der Waals surface area contributed by atoms with Crippen LogP contribution >= 0.6 is 11.6 Å². The van der Waals surface area contributed by atoms with Crippen molar-refractivity contribution in [3.05, 3.63) is 33.3 Å². The topological polar surface area (TPSA) is 82.0 Å². The van der Waals surface area contributed by atoms with Gasteiger partial charge in [0.15, 0.2) is 0 Å². The Hall–Kier alpha value is -1.90. The van der Waals surface area contributed by atoms with Gasteiger partial charge in [-0.05, 0) is 34.3 Å². The summed E-state index contributed by atoms with van der Waals surface area (Å²) in [6.45, 7) is 2.60. The molecular formula is C15H24ClN5O3. The van der Waals surface area contributed by atoms with Crippen molar-refractivity contribution in [2.45, 2.75) is 0 Å². The second-order valence-electron chi connectivity index (χ2n) is 5.95. The van der Waals surface area contributed by atoms with Gasteiger partial charge in [0, 0.05) is 38.3 Å². The lowest BCUT2D eigenvalue weighted by molar-refractivity contribution is -0.384. The summed E-state index contributed by atoms with van der Waals surface area (Å²) >= 11 is 6.02. The van der Waals surface area contributed by atoms with Crippen LogP contribution in [-0.4, -0.2) is 80.0 Å². The first-order valence-corrected chi connectivity index (χ1v) is 7.88. The van der Waals surface area contributed by atoms with E-state index in [9.17, 15) is 14.9 Å². The number of non-ortho nitro benzene ring substituents is 1. The lowest BCUT2D eigenvalue weighted by Gasteiger charge is -2.26. The number of nitro benzene ring substituents is 1. The van der Waals surface area contributed by atoms with Crippen LogP contribution in [0.4, 0.5) is 16.2 Å². The summed E-state index contributed by atoms with van der Waals surface area (Å²) in [5.41, 5.74) is 0.238.